The van der Waals surface area contributed by atoms with E-state index in [0.29, 0.717) is 24.2 Å². The van der Waals surface area contributed by atoms with Gasteiger partial charge in [-0.25, -0.2) is 9.48 Å². The van der Waals surface area contributed by atoms with Crippen LogP contribution in [0, 0.1) is 0 Å². The van der Waals surface area contributed by atoms with Crippen molar-refractivity contribution in [1.82, 2.24) is 20.4 Å². The molecule has 0 unspecified atom stereocenters. The molecule has 1 heterocycles. The van der Waals surface area contributed by atoms with Crippen LogP contribution in [0.4, 0.5) is 10.5 Å². The maximum absolute atomic E-state index is 12.4. The summed E-state index contributed by atoms with van der Waals surface area (Å²) in [5.41, 5.74) is 3.00. The zero-order valence-corrected chi connectivity index (χ0v) is 16.0. The molecule has 3 amide bonds. The Hall–Kier alpha value is -3.61. The third-order valence-electron chi connectivity index (χ3n) is 4.63. The monoisotopic (exact) mass is 389 g/mol. The highest BCUT2D eigenvalue weighted by molar-refractivity contribution is 5.96. The van der Waals surface area contributed by atoms with E-state index in [-0.39, 0.29) is 18.0 Å². The van der Waals surface area contributed by atoms with Crippen molar-refractivity contribution < 1.29 is 9.59 Å². The van der Waals surface area contributed by atoms with Gasteiger partial charge in [-0.2, -0.15) is 5.10 Å². The lowest BCUT2D eigenvalue weighted by Crippen LogP contribution is -2.30. The van der Waals surface area contributed by atoms with Gasteiger partial charge in [-0.3, -0.25) is 4.79 Å². The number of benzene rings is 2. The molecule has 1 fully saturated rings. The first kappa shape index (κ1) is 18.7. The summed E-state index contributed by atoms with van der Waals surface area (Å²) in [6.45, 7) is 0.477. The van der Waals surface area contributed by atoms with Gasteiger partial charge in [-0.15, -0.1) is 0 Å². The van der Waals surface area contributed by atoms with Crippen molar-refractivity contribution in [2.75, 3.05) is 11.9 Å². The Morgan fingerprint density at radius 2 is 1.86 bits per heavy atom. The minimum absolute atomic E-state index is 0.182. The van der Waals surface area contributed by atoms with Crippen molar-refractivity contribution in [3.05, 3.63) is 78.1 Å². The summed E-state index contributed by atoms with van der Waals surface area (Å²) < 4.78 is 1.82. The molecule has 0 saturated heterocycles. The molecule has 0 spiro atoms. The fourth-order valence-corrected chi connectivity index (χ4v) is 2.94. The zero-order valence-electron chi connectivity index (χ0n) is 16.0. The normalized spacial score (nSPS) is 13.0. The summed E-state index contributed by atoms with van der Waals surface area (Å²) in [6.07, 6.45) is 4.60. The number of nitrogens with one attached hydrogen (secondary N) is 3. The summed E-state index contributed by atoms with van der Waals surface area (Å²) in [6, 6.07) is 18.8. The van der Waals surface area contributed by atoms with Crippen LogP contribution in [0.15, 0.2) is 66.9 Å². The minimum Gasteiger partial charge on any atom is -0.352 e. The molecule has 0 atom stereocenters. The van der Waals surface area contributed by atoms with E-state index in [1.165, 1.54) is 0 Å². The number of hydrogen-bond acceptors (Lipinski definition) is 3. The molecule has 2 aromatic carbocycles. The Balaban J connectivity index is 1.28. The molecule has 1 aliphatic carbocycles. The molecule has 3 aromatic rings. The number of rotatable bonds is 7. The highest BCUT2D eigenvalue weighted by atomic mass is 16.2. The maximum Gasteiger partial charge on any atom is 0.319 e. The Morgan fingerprint density at radius 1 is 1.03 bits per heavy atom. The lowest BCUT2D eigenvalue weighted by molar-refractivity contribution is 0.0954. The zero-order chi connectivity index (χ0) is 20.1. The van der Waals surface area contributed by atoms with Crippen molar-refractivity contribution in [1.29, 1.82) is 0 Å². The van der Waals surface area contributed by atoms with Gasteiger partial charge in [0.15, 0.2) is 0 Å². The molecule has 1 aliphatic rings. The standard InChI is InChI=1S/C22H23N5O2/c28-21(16-5-4-6-19(15-16)25-22(29)24-17-9-10-17)23-13-11-18-12-14-27(26-18)20-7-2-1-3-8-20/h1-8,12,14-15,17H,9-11,13H2,(H,23,28)(H2,24,25,29). The number of aromatic nitrogens is 2. The molecule has 1 saturated carbocycles. The molecule has 3 N–H and O–H groups in total. The van der Waals surface area contributed by atoms with Crippen LogP contribution < -0.4 is 16.0 Å². The van der Waals surface area contributed by atoms with E-state index in [1.807, 2.05) is 47.3 Å². The van der Waals surface area contributed by atoms with Gasteiger partial charge < -0.3 is 16.0 Å². The van der Waals surface area contributed by atoms with Gasteiger partial charge in [0.25, 0.3) is 5.91 Å². The van der Waals surface area contributed by atoms with E-state index in [1.54, 1.807) is 24.3 Å². The summed E-state index contributed by atoms with van der Waals surface area (Å²) in [4.78, 5) is 24.3. The lowest BCUT2D eigenvalue weighted by atomic mass is 10.2. The molecular weight excluding hydrogens is 366 g/mol. The second kappa shape index (κ2) is 8.60. The van der Waals surface area contributed by atoms with E-state index in [9.17, 15) is 9.59 Å². The van der Waals surface area contributed by atoms with E-state index in [4.69, 9.17) is 0 Å². The van der Waals surface area contributed by atoms with Gasteiger partial charge in [-0.05, 0) is 49.2 Å². The van der Waals surface area contributed by atoms with Crippen LogP contribution in [0.2, 0.25) is 0 Å². The predicted molar refractivity (Wildman–Crippen MR) is 111 cm³/mol. The highest BCUT2D eigenvalue weighted by Crippen LogP contribution is 2.19. The van der Waals surface area contributed by atoms with Gasteiger partial charge in [0, 0.05) is 36.5 Å². The van der Waals surface area contributed by atoms with Crippen LogP contribution in [-0.4, -0.2) is 34.3 Å². The van der Waals surface area contributed by atoms with Crippen molar-refractivity contribution in [2.24, 2.45) is 0 Å². The van der Waals surface area contributed by atoms with Gasteiger partial charge in [0.1, 0.15) is 0 Å². The van der Waals surface area contributed by atoms with Crippen LogP contribution >= 0.6 is 0 Å². The third-order valence-corrected chi connectivity index (χ3v) is 4.63. The molecule has 148 valence electrons. The molecule has 1 aromatic heterocycles. The van der Waals surface area contributed by atoms with E-state index < -0.39 is 0 Å². The molecule has 0 aliphatic heterocycles. The van der Waals surface area contributed by atoms with Crippen molar-refractivity contribution >= 4 is 17.6 Å². The fourth-order valence-electron chi connectivity index (χ4n) is 2.94. The van der Waals surface area contributed by atoms with Crippen molar-refractivity contribution in [3.8, 4) is 5.69 Å². The number of carbonyl (C=O) groups excluding carboxylic acids is 2. The second-order valence-corrected chi connectivity index (χ2v) is 7.05. The topological polar surface area (TPSA) is 88.1 Å². The van der Waals surface area contributed by atoms with E-state index in [2.05, 4.69) is 21.0 Å². The predicted octanol–water partition coefficient (Wildman–Crippen LogP) is 3.13. The highest BCUT2D eigenvalue weighted by Gasteiger charge is 2.23. The van der Waals surface area contributed by atoms with E-state index >= 15 is 0 Å². The number of carbonyl (C=O) groups is 2. The first-order chi connectivity index (χ1) is 14.2. The molecule has 29 heavy (non-hydrogen) atoms. The maximum atomic E-state index is 12.4. The van der Waals surface area contributed by atoms with Crippen LogP contribution in [0.5, 0.6) is 0 Å². The molecule has 7 heteroatoms. The Kier molecular flexibility index (Phi) is 5.56. The van der Waals surface area contributed by atoms with Crippen LogP contribution in [0.25, 0.3) is 5.69 Å². The largest absolute Gasteiger partial charge is 0.352 e. The number of hydrogen-bond donors (Lipinski definition) is 3. The fraction of sp³-hybridized carbons (Fsp3) is 0.227. The van der Waals surface area contributed by atoms with Crippen LogP contribution in [0.1, 0.15) is 28.9 Å². The quantitative estimate of drug-likeness (QED) is 0.580. The van der Waals surface area contributed by atoms with Gasteiger partial charge in [0.05, 0.1) is 11.4 Å². The van der Waals surface area contributed by atoms with Crippen molar-refractivity contribution in [3.63, 3.8) is 0 Å². The summed E-state index contributed by atoms with van der Waals surface area (Å²) in [7, 11) is 0. The molecule has 4 rings (SSSR count). The SMILES string of the molecule is O=C(Nc1cccc(C(=O)NCCc2ccn(-c3ccccc3)n2)c1)NC1CC1. The number of nitrogens with zero attached hydrogens (tertiary/aromatic N) is 2. The smallest absolute Gasteiger partial charge is 0.319 e. The number of urea groups is 1. The number of amides is 3. The first-order valence-electron chi connectivity index (χ1n) is 9.73. The summed E-state index contributed by atoms with van der Waals surface area (Å²) >= 11 is 0. The Labute approximate surface area is 169 Å². The average Bonchev–Trinajstić information content (AvgIpc) is 3.42. The molecule has 0 bridgehead atoms. The van der Waals surface area contributed by atoms with Crippen molar-refractivity contribution in [2.45, 2.75) is 25.3 Å². The van der Waals surface area contributed by atoms with Gasteiger partial charge >= 0.3 is 6.03 Å². The van der Waals surface area contributed by atoms with Crippen LogP contribution in [0.3, 0.4) is 0 Å². The lowest BCUT2D eigenvalue weighted by Gasteiger charge is -2.09. The van der Waals surface area contributed by atoms with Gasteiger partial charge in [-0.1, -0.05) is 24.3 Å². The second-order valence-electron chi connectivity index (χ2n) is 7.05. The number of para-hydroxylation sites is 1. The van der Waals surface area contributed by atoms with Crippen LogP contribution in [-0.2, 0) is 6.42 Å². The third kappa shape index (κ3) is 5.22. The first-order valence-corrected chi connectivity index (χ1v) is 9.73. The summed E-state index contributed by atoms with van der Waals surface area (Å²) in [5.74, 6) is -0.182. The average molecular weight is 389 g/mol. The molecule has 7 nitrogen and oxygen atoms in total. The molecular formula is C22H23N5O2. The number of anilines is 1. The minimum atomic E-state index is -0.237. The Bertz CT molecular complexity index is 995. The molecule has 0 radical (unpaired) electrons. The van der Waals surface area contributed by atoms with E-state index in [0.717, 1.165) is 24.2 Å². The van der Waals surface area contributed by atoms with Gasteiger partial charge in [0.2, 0.25) is 0 Å². The summed E-state index contributed by atoms with van der Waals surface area (Å²) in [5, 5.41) is 13.1. The Morgan fingerprint density at radius 3 is 2.66 bits per heavy atom.